The number of likely N-dealkylation sites (tertiary alicyclic amines) is 1. The molecule has 4 aromatic rings. The summed E-state index contributed by atoms with van der Waals surface area (Å²) in [7, 11) is 0. The molecule has 0 spiro atoms. The monoisotopic (exact) mass is 483 g/mol. The van der Waals surface area contributed by atoms with Crippen LogP contribution in [0.2, 0.25) is 0 Å². The second-order valence-electron chi connectivity index (χ2n) is 8.57. The Morgan fingerprint density at radius 2 is 1.63 bits per heavy atom. The number of fused-ring (bicyclic) bond motifs is 1. The van der Waals surface area contributed by atoms with Crippen molar-refractivity contribution in [1.29, 1.82) is 0 Å². The van der Waals surface area contributed by atoms with Crippen LogP contribution in [-0.4, -0.2) is 33.9 Å². The largest absolute Gasteiger partial charge is 0.573 e. The fourth-order valence-electron chi connectivity index (χ4n) is 4.61. The van der Waals surface area contributed by atoms with Gasteiger partial charge >= 0.3 is 12.1 Å². The molecule has 1 aromatic heterocycles. The molecule has 0 radical (unpaired) electrons. The van der Waals surface area contributed by atoms with Crippen molar-refractivity contribution in [3.05, 3.63) is 88.8 Å². The predicted octanol–water partition coefficient (Wildman–Crippen LogP) is 5.86. The zero-order valence-corrected chi connectivity index (χ0v) is 18.8. The van der Waals surface area contributed by atoms with Crippen LogP contribution in [0.1, 0.15) is 24.4 Å². The number of aromatic amines is 1. The van der Waals surface area contributed by atoms with E-state index < -0.39 is 6.36 Å². The lowest BCUT2D eigenvalue weighted by atomic mass is 10.0. The van der Waals surface area contributed by atoms with Gasteiger partial charge < -0.3 is 14.5 Å². The first-order valence-corrected chi connectivity index (χ1v) is 11.4. The molecular formula is C26H24F3N3O3. The summed E-state index contributed by atoms with van der Waals surface area (Å²) in [6, 6.07) is 20.8. The fourth-order valence-corrected chi connectivity index (χ4v) is 4.61. The molecule has 0 atom stereocenters. The number of nitrogens with one attached hydrogen (secondary N) is 1. The van der Waals surface area contributed by atoms with E-state index in [0.717, 1.165) is 42.5 Å². The average molecular weight is 483 g/mol. The number of aromatic nitrogens is 2. The summed E-state index contributed by atoms with van der Waals surface area (Å²) < 4.78 is 49.7. The summed E-state index contributed by atoms with van der Waals surface area (Å²) in [5.41, 5.74) is 2.68. The van der Waals surface area contributed by atoms with Crippen molar-refractivity contribution in [1.82, 2.24) is 14.5 Å². The van der Waals surface area contributed by atoms with Crippen LogP contribution in [0.4, 0.5) is 13.2 Å². The maximum atomic E-state index is 12.7. The first-order valence-electron chi connectivity index (χ1n) is 11.4. The van der Waals surface area contributed by atoms with Crippen LogP contribution < -0.4 is 15.2 Å². The number of rotatable bonds is 6. The van der Waals surface area contributed by atoms with E-state index in [1.807, 2.05) is 47.0 Å². The first kappa shape index (κ1) is 23.0. The number of nitrogens with zero attached hydrogens (tertiary/aromatic N) is 2. The van der Waals surface area contributed by atoms with Crippen LogP contribution in [0, 0.1) is 0 Å². The van der Waals surface area contributed by atoms with E-state index in [0.29, 0.717) is 12.3 Å². The van der Waals surface area contributed by atoms with Gasteiger partial charge in [0.05, 0.1) is 11.0 Å². The highest BCUT2D eigenvalue weighted by atomic mass is 19.4. The van der Waals surface area contributed by atoms with Gasteiger partial charge in [-0.15, -0.1) is 13.2 Å². The highest BCUT2D eigenvalue weighted by Crippen LogP contribution is 2.35. The summed E-state index contributed by atoms with van der Waals surface area (Å²) in [6.07, 6.45) is -3.11. The Hall–Kier alpha value is -3.72. The van der Waals surface area contributed by atoms with Crippen molar-refractivity contribution in [2.24, 2.45) is 0 Å². The fraction of sp³-hybridized carbons (Fsp3) is 0.269. The number of benzene rings is 3. The number of para-hydroxylation sites is 4. The van der Waals surface area contributed by atoms with Gasteiger partial charge in [-0.2, -0.15) is 0 Å². The minimum absolute atomic E-state index is 0.00744. The number of H-pyrrole nitrogens is 1. The van der Waals surface area contributed by atoms with Gasteiger partial charge in [-0.25, -0.2) is 4.79 Å². The van der Waals surface area contributed by atoms with Crippen molar-refractivity contribution in [3.8, 4) is 17.2 Å². The van der Waals surface area contributed by atoms with Gasteiger partial charge in [-0.05, 0) is 54.8 Å². The predicted molar refractivity (Wildman–Crippen MR) is 126 cm³/mol. The Labute approximate surface area is 199 Å². The number of ether oxygens (including phenoxy) is 2. The van der Waals surface area contributed by atoms with E-state index in [1.54, 1.807) is 12.1 Å². The molecule has 1 aliphatic heterocycles. The van der Waals surface area contributed by atoms with Crippen LogP contribution in [0.15, 0.2) is 77.6 Å². The summed E-state index contributed by atoms with van der Waals surface area (Å²) >= 11 is 0. The van der Waals surface area contributed by atoms with Crippen molar-refractivity contribution in [3.63, 3.8) is 0 Å². The quantitative estimate of drug-likeness (QED) is 0.373. The summed E-state index contributed by atoms with van der Waals surface area (Å²) in [6.45, 7) is 2.32. The highest BCUT2D eigenvalue weighted by molar-refractivity contribution is 5.75. The van der Waals surface area contributed by atoms with Gasteiger partial charge in [-0.1, -0.05) is 36.4 Å². The van der Waals surface area contributed by atoms with Crippen LogP contribution in [0.3, 0.4) is 0 Å². The number of alkyl halides is 3. The first-order chi connectivity index (χ1) is 16.9. The lowest BCUT2D eigenvalue weighted by Gasteiger charge is -2.32. The van der Waals surface area contributed by atoms with E-state index in [1.165, 1.54) is 18.2 Å². The Morgan fingerprint density at radius 3 is 2.40 bits per heavy atom. The number of hydrogen-bond donors (Lipinski definition) is 1. The maximum absolute atomic E-state index is 12.7. The number of hydrogen-bond acceptors (Lipinski definition) is 4. The van der Waals surface area contributed by atoms with Crippen molar-refractivity contribution >= 4 is 11.0 Å². The molecule has 0 saturated carbocycles. The third kappa shape index (κ3) is 5.35. The molecule has 9 heteroatoms. The Morgan fingerprint density at radius 1 is 0.914 bits per heavy atom. The van der Waals surface area contributed by atoms with E-state index >= 15 is 0 Å². The second kappa shape index (κ2) is 9.50. The summed E-state index contributed by atoms with van der Waals surface area (Å²) in [5.74, 6) is 0.0351. The highest BCUT2D eigenvalue weighted by Gasteiger charge is 2.32. The van der Waals surface area contributed by atoms with E-state index in [9.17, 15) is 18.0 Å². The Bertz CT molecular complexity index is 1370. The number of halogens is 3. The molecule has 0 unspecified atom stereocenters. The van der Waals surface area contributed by atoms with Crippen molar-refractivity contribution < 1.29 is 22.6 Å². The van der Waals surface area contributed by atoms with Crippen molar-refractivity contribution in [2.45, 2.75) is 31.8 Å². The van der Waals surface area contributed by atoms with Crippen LogP contribution in [0.5, 0.6) is 17.2 Å². The average Bonchev–Trinajstić information content (AvgIpc) is 3.16. The standard InChI is InChI=1S/C26H24F3N3O3/c27-26(28,29)35-24-11-4-3-10-23(24)34-20-7-5-6-18(16-20)17-31-14-12-19(13-15-31)32-22-9-2-1-8-21(22)30-25(32)33/h1-11,16,19H,12-15,17H2,(H,30,33). The number of piperidine rings is 1. The molecule has 0 bridgehead atoms. The molecule has 3 aromatic carbocycles. The molecule has 6 nitrogen and oxygen atoms in total. The SMILES string of the molecule is O=c1[nH]c2ccccc2n1C1CCN(Cc2cccc(Oc3ccccc3OC(F)(F)F)c2)CC1. The number of imidazole rings is 1. The molecule has 1 saturated heterocycles. The van der Waals surface area contributed by atoms with E-state index in [4.69, 9.17) is 4.74 Å². The van der Waals surface area contributed by atoms with Crippen LogP contribution in [0.25, 0.3) is 11.0 Å². The molecule has 1 N–H and O–H groups in total. The van der Waals surface area contributed by atoms with Gasteiger partial charge in [0.2, 0.25) is 0 Å². The zero-order valence-electron chi connectivity index (χ0n) is 18.8. The zero-order chi connectivity index (χ0) is 24.4. The molecule has 1 fully saturated rings. The van der Waals surface area contributed by atoms with Crippen LogP contribution >= 0.6 is 0 Å². The summed E-state index contributed by atoms with van der Waals surface area (Å²) in [4.78, 5) is 17.7. The molecule has 35 heavy (non-hydrogen) atoms. The van der Waals surface area contributed by atoms with E-state index in [-0.39, 0.29) is 23.2 Å². The molecule has 2 heterocycles. The molecule has 5 rings (SSSR count). The van der Waals surface area contributed by atoms with Gasteiger partial charge in [-0.3, -0.25) is 9.47 Å². The van der Waals surface area contributed by atoms with Gasteiger partial charge in [0.15, 0.2) is 11.5 Å². The molecule has 0 amide bonds. The smallest absolute Gasteiger partial charge is 0.453 e. The molecule has 1 aliphatic rings. The molecular weight excluding hydrogens is 459 g/mol. The maximum Gasteiger partial charge on any atom is 0.573 e. The Kier molecular flexibility index (Phi) is 6.25. The lowest BCUT2D eigenvalue weighted by molar-refractivity contribution is -0.275. The van der Waals surface area contributed by atoms with Crippen LogP contribution in [-0.2, 0) is 6.54 Å². The third-order valence-electron chi connectivity index (χ3n) is 6.15. The lowest BCUT2D eigenvalue weighted by Crippen LogP contribution is -2.36. The van der Waals surface area contributed by atoms with Crippen molar-refractivity contribution in [2.75, 3.05) is 13.1 Å². The van der Waals surface area contributed by atoms with E-state index in [2.05, 4.69) is 14.6 Å². The van der Waals surface area contributed by atoms with Gasteiger partial charge in [0.25, 0.3) is 0 Å². The Balaban J connectivity index is 1.24. The minimum atomic E-state index is -4.80. The second-order valence-corrected chi connectivity index (χ2v) is 8.57. The third-order valence-corrected chi connectivity index (χ3v) is 6.15. The topological polar surface area (TPSA) is 59.5 Å². The summed E-state index contributed by atoms with van der Waals surface area (Å²) in [5, 5.41) is 0. The minimum Gasteiger partial charge on any atom is -0.453 e. The normalized spacial score (nSPS) is 15.4. The van der Waals surface area contributed by atoms with Gasteiger partial charge in [0.1, 0.15) is 5.75 Å². The molecule has 182 valence electrons. The molecule has 0 aliphatic carbocycles. The van der Waals surface area contributed by atoms with Gasteiger partial charge in [0, 0.05) is 25.7 Å².